The van der Waals surface area contributed by atoms with Crippen LogP contribution in [0.4, 0.5) is 4.39 Å². The Morgan fingerprint density at radius 2 is 1.91 bits per heavy atom. The highest BCUT2D eigenvalue weighted by Crippen LogP contribution is 2.20. The number of rotatable bonds is 8. The van der Waals surface area contributed by atoms with Crippen LogP contribution in [0, 0.1) is 5.82 Å². The van der Waals surface area contributed by atoms with Gasteiger partial charge in [-0.2, -0.15) is 0 Å². The second kappa shape index (κ2) is 8.88. The molecular formula is C18H20FNO3. The highest BCUT2D eigenvalue weighted by atomic mass is 19.1. The summed E-state index contributed by atoms with van der Waals surface area (Å²) in [6.07, 6.45) is 4.22. The summed E-state index contributed by atoms with van der Waals surface area (Å²) in [5, 5.41) is 0. The Morgan fingerprint density at radius 1 is 1.13 bits per heavy atom. The number of benzene rings is 1. The average molecular weight is 317 g/mol. The lowest BCUT2D eigenvalue weighted by Gasteiger charge is -2.06. The van der Waals surface area contributed by atoms with Gasteiger partial charge in [0.2, 0.25) is 5.88 Å². The normalized spacial score (nSPS) is 10.3. The van der Waals surface area contributed by atoms with E-state index in [4.69, 9.17) is 9.47 Å². The highest BCUT2D eigenvalue weighted by molar-refractivity contribution is 5.69. The fourth-order valence-electron chi connectivity index (χ4n) is 2.10. The summed E-state index contributed by atoms with van der Waals surface area (Å²) in [6.45, 7) is 2.24. The van der Waals surface area contributed by atoms with Gasteiger partial charge in [0.05, 0.1) is 12.8 Å². The van der Waals surface area contributed by atoms with Crippen LogP contribution in [-0.2, 0) is 16.0 Å². The first-order valence-electron chi connectivity index (χ1n) is 7.71. The molecule has 0 atom stereocenters. The summed E-state index contributed by atoms with van der Waals surface area (Å²) >= 11 is 0. The van der Waals surface area contributed by atoms with Gasteiger partial charge in [-0.3, -0.25) is 4.79 Å². The third-order valence-electron chi connectivity index (χ3n) is 3.25. The van der Waals surface area contributed by atoms with Crippen LogP contribution in [0.3, 0.4) is 0 Å². The molecule has 0 amide bonds. The number of esters is 1. The van der Waals surface area contributed by atoms with Crippen molar-refractivity contribution in [3.05, 3.63) is 54.0 Å². The van der Waals surface area contributed by atoms with Crippen molar-refractivity contribution in [1.29, 1.82) is 0 Å². The number of aryl methyl sites for hydroxylation is 1. The summed E-state index contributed by atoms with van der Waals surface area (Å²) < 4.78 is 23.2. The third-order valence-corrected chi connectivity index (χ3v) is 3.25. The van der Waals surface area contributed by atoms with Crippen LogP contribution in [-0.4, -0.2) is 17.6 Å². The van der Waals surface area contributed by atoms with Gasteiger partial charge >= 0.3 is 5.97 Å². The highest BCUT2D eigenvalue weighted by Gasteiger charge is 2.03. The first-order valence-corrected chi connectivity index (χ1v) is 7.71. The second-order valence-corrected chi connectivity index (χ2v) is 5.07. The van der Waals surface area contributed by atoms with Crippen molar-refractivity contribution >= 4 is 5.97 Å². The Balaban J connectivity index is 1.76. The van der Waals surface area contributed by atoms with Crippen LogP contribution in [0.15, 0.2) is 42.6 Å². The summed E-state index contributed by atoms with van der Waals surface area (Å²) in [5.74, 6) is 0.478. The molecule has 0 aliphatic carbocycles. The van der Waals surface area contributed by atoms with E-state index in [1.165, 1.54) is 17.7 Å². The zero-order chi connectivity index (χ0) is 16.5. The molecule has 4 nitrogen and oxygen atoms in total. The molecule has 0 unspecified atom stereocenters. The molecule has 0 fully saturated rings. The van der Waals surface area contributed by atoms with E-state index in [2.05, 4.69) is 4.98 Å². The Labute approximate surface area is 135 Å². The molecule has 23 heavy (non-hydrogen) atoms. The average Bonchev–Trinajstić information content (AvgIpc) is 2.55. The lowest BCUT2D eigenvalue weighted by molar-refractivity contribution is -0.143. The van der Waals surface area contributed by atoms with Crippen molar-refractivity contribution in [2.24, 2.45) is 0 Å². The molecule has 2 rings (SSSR count). The minimum absolute atomic E-state index is 0.136. The smallest absolute Gasteiger partial charge is 0.305 e. The molecule has 1 heterocycles. The Morgan fingerprint density at radius 3 is 2.57 bits per heavy atom. The molecule has 5 heteroatoms. The van der Waals surface area contributed by atoms with Gasteiger partial charge in [-0.15, -0.1) is 0 Å². The summed E-state index contributed by atoms with van der Waals surface area (Å²) in [5.41, 5.74) is 1.17. The summed E-state index contributed by atoms with van der Waals surface area (Å²) in [7, 11) is 0. The molecular weight excluding hydrogens is 297 g/mol. The van der Waals surface area contributed by atoms with Gasteiger partial charge in [0.15, 0.2) is 0 Å². The number of halogens is 1. The van der Waals surface area contributed by atoms with Crippen molar-refractivity contribution in [2.45, 2.75) is 32.6 Å². The maximum absolute atomic E-state index is 12.8. The van der Waals surface area contributed by atoms with Crippen LogP contribution in [0.1, 0.15) is 31.7 Å². The van der Waals surface area contributed by atoms with Gasteiger partial charge in [0.25, 0.3) is 0 Å². The van der Waals surface area contributed by atoms with Gasteiger partial charge in [0, 0.05) is 12.5 Å². The van der Waals surface area contributed by atoms with Gasteiger partial charge < -0.3 is 9.47 Å². The van der Waals surface area contributed by atoms with Crippen LogP contribution in [0.25, 0.3) is 0 Å². The lowest BCUT2D eigenvalue weighted by atomic mass is 10.1. The SMILES string of the molecule is CCOC(=O)CCCCc1ccc(Oc2ccc(F)cn2)cc1. The molecule has 122 valence electrons. The van der Waals surface area contributed by atoms with Crippen molar-refractivity contribution in [3.63, 3.8) is 0 Å². The number of nitrogens with zero attached hydrogens (tertiary/aromatic N) is 1. The Hall–Kier alpha value is -2.43. The molecule has 0 bridgehead atoms. The molecule has 0 saturated carbocycles. The van der Waals surface area contributed by atoms with Crippen molar-refractivity contribution in [1.82, 2.24) is 4.98 Å². The third kappa shape index (κ3) is 6.06. The van der Waals surface area contributed by atoms with Crippen LogP contribution in [0.5, 0.6) is 11.6 Å². The predicted molar refractivity (Wildman–Crippen MR) is 84.9 cm³/mol. The monoisotopic (exact) mass is 317 g/mol. The van der Waals surface area contributed by atoms with Crippen molar-refractivity contribution in [2.75, 3.05) is 6.61 Å². The van der Waals surface area contributed by atoms with Gasteiger partial charge in [-0.05, 0) is 49.9 Å². The molecule has 0 N–H and O–H groups in total. The van der Waals surface area contributed by atoms with E-state index < -0.39 is 5.82 Å². The number of pyridine rings is 1. The zero-order valence-corrected chi connectivity index (χ0v) is 13.1. The van der Waals surface area contributed by atoms with E-state index >= 15 is 0 Å². The molecule has 0 aliphatic heterocycles. The standard InChI is InChI=1S/C18H20FNO3/c1-2-22-18(21)6-4-3-5-14-7-10-16(11-8-14)23-17-12-9-15(19)13-20-17/h7-13H,2-6H2,1H3. The number of hydrogen-bond donors (Lipinski definition) is 0. The van der Waals surface area contributed by atoms with Gasteiger partial charge in [0.1, 0.15) is 11.6 Å². The summed E-state index contributed by atoms with van der Waals surface area (Å²) in [6, 6.07) is 10.4. The minimum atomic E-state index is -0.393. The predicted octanol–water partition coefficient (Wildman–Crippen LogP) is 4.29. The lowest BCUT2D eigenvalue weighted by Crippen LogP contribution is -2.03. The first-order chi connectivity index (χ1) is 11.2. The number of unbranched alkanes of at least 4 members (excludes halogenated alkanes) is 1. The van der Waals surface area contributed by atoms with Crippen molar-refractivity contribution < 1.29 is 18.7 Å². The van der Waals surface area contributed by atoms with Crippen LogP contribution < -0.4 is 4.74 Å². The zero-order valence-electron chi connectivity index (χ0n) is 13.1. The maximum atomic E-state index is 12.8. The Bertz CT molecular complexity index is 611. The van der Waals surface area contributed by atoms with Crippen LogP contribution >= 0.6 is 0 Å². The van der Waals surface area contributed by atoms with E-state index in [1.54, 1.807) is 0 Å². The fourth-order valence-corrected chi connectivity index (χ4v) is 2.10. The van der Waals surface area contributed by atoms with Crippen LogP contribution in [0.2, 0.25) is 0 Å². The van der Waals surface area contributed by atoms with Crippen molar-refractivity contribution in [3.8, 4) is 11.6 Å². The molecule has 0 aliphatic rings. The largest absolute Gasteiger partial charge is 0.466 e. The minimum Gasteiger partial charge on any atom is -0.466 e. The molecule has 1 aromatic carbocycles. The molecule has 0 saturated heterocycles. The molecule has 2 aromatic rings. The van der Waals surface area contributed by atoms with Gasteiger partial charge in [-0.1, -0.05) is 12.1 Å². The van der Waals surface area contributed by atoms with E-state index in [0.717, 1.165) is 25.5 Å². The molecule has 1 aromatic heterocycles. The number of carbonyl (C=O) groups excluding carboxylic acids is 1. The van der Waals surface area contributed by atoms with E-state index in [1.807, 2.05) is 31.2 Å². The summed E-state index contributed by atoms with van der Waals surface area (Å²) in [4.78, 5) is 15.1. The van der Waals surface area contributed by atoms with Gasteiger partial charge in [-0.25, -0.2) is 9.37 Å². The Kier molecular flexibility index (Phi) is 6.54. The van der Waals surface area contributed by atoms with E-state index in [-0.39, 0.29) is 5.97 Å². The first kappa shape index (κ1) is 16.9. The van der Waals surface area contributed by atoms with E-state index in [9.17, 15) is 9.18 Å². The molecule has 0 spiro atoms. The quantitative estimate of drug-likeness (QED) is 0.538. The maximum Gasteiger partial charge on any atom is 0.305 e. The van der Waals surface area contributed by atoms with E-state index in [0.29, 0.717) is 24.7 Å². The number of hydrogen-bond acceptors (Lipinski definition) is 4. The fraction of sp³-hybridized carbons (Fsp3) is 0.333. The second-order valence-electron chi connectivity index (χ2n) is 5.07. The topological polar surface area (TPSA) is 48.4 Å². The number of aromatic nitrogens is 1. The molecule has 0 radical (unpaired) electrons. The number of carbonyl (C=O) groups is 1. The number of ether oxygens (including phenoxy) is 2.